The summed E-state index contributed by atoms with van der Waals surface area (Å²) in [7, 11) is 1.53. The lowest BCUT2D eigenvalue weighted by Crippen LogP contribution is -2.17. The lowest BCUT2D eigenvalue weighted by molar-refractivity contribution is -0.137. The number of carboxylic acids is 1. The van der Waals surface area contributed by atoms with E-state index in [1.54, 1.807) is 24.3 Å². The molecule has 6 nitrogen and oxygen atoms in total. The SMILES string of the molecule is COc1ccc([C@H](C(=O)O)c2ccc(=O)[nH]n2)cc1. The van der Waals surface area contributed by atoms with E-state index in [2.05, 4.69) is 10.2 Å². The highest BCUT2D eigenvalue weighted by Gasteiger charge is 2.23. The van der Waals surface area contributed by atoms with Crippen LogP contribution in [-0.4, -0.2) is 28.4 Å². The standard InChI is InChI=1S/C13H12N2O4/c1-19-9-4-2-8(3-5-9)12(13(17)18)10-6-7-11(16)15-14-10/h2-7,12H,1H3,(H,15,16)(H,17,18)/t12-/m0/s1. The van der Waals surface area contributed by atoms with Crippen LogP contribution in [0, 0.1) is 0 Å². The Morgan fingerprint density at radius 3 is 2.42 bits per heavy atom. The second-order valence-electron chi connectivity index (χ2n) is 3.89. The van der Waals surface area contributed by atoms with Crippen molar-refractivity contribution >= 4 is 5.97 Å². The van der Waals surface area contributed by atoms with E-state index in [9.17, 15) is 14.7 Å². The van der Waals surface area contributed by atoms with Gasteiger partial charge >= 0.3 is 5.97 Å². The number of ether oxygens (including phenoxy) is 1. The number of aliphatic carboxylic acids is 1. The van der Waals surface area contributed by atoms with Crippen molar-refractivity contribution in [2.24, 2.45) is 0 Å². The third kappa shape index (κ3) is 2.79. The zero-order chi connectivity index (χ0) is 13.8. The van der Waals surface area contributed by atoms with E-state index in [-0.39, 0.29) is 11.3 Å². The van der Waals surface area contributed by atoms with Crippen LogP contribution < -0.4 is 10.3 Å². The molecule has 0 amide bonds. The fraction of sp³-hybridized carbons (Fsp3) is 0.154. The number of hydrogen-bond acceptors (Lipinski definition) is 4. The van der Waals surface area contributed by atoms with Crippen molar-refractivity contribution in [3.05, 3.63) is 58.0 Å². The van der Waals surface area contributed by atoms with Crippen LogP contribution in [0.5, 0.6) is 5.75 Å². The first-order valence-electron chi connectivity index (χ1n) is 5.54. The third-order valence-corrected chi connectivity index (χ3v) is 2.69. The van der Waals surface area contributed by atoms with Crippen LogP contribution in [0.15, 0.2) is 41.2 Å². The molecule has 1 atom stereocenters. The number of hydrogen-bond donors (Lipinski definition) is 2. The van der Waals surface area contributed by atoms with E-state index < -0.39 is 11.9 Å². The summed E-state index contributed by atoms with van der Waals surface area (Å²) in [5.74, 6) is -1.32. The molecule has 1 heterocycles. The molecule has 0 aliphatic heterocycles. The monoisotopic (exact) mass is 260 g/mol. The summed E-state index contributed by atoms with van der Waals surface area (Å²) < 4.78 is 5.02. The molecule has 98 valence electrons. The molecule has 2 N–H and O–H groups in total. The minimum atomic E-state index is -1.04. The number of nitrogens with zero attached hydrogens (tertiary/aromatic N) is 1. The lowest BCUT2D eigenvalue weighted by Gasteiger charge is -2.12. The van der Waals surface area contributed by atoms with E-state index in [0.717, 1.165) is 0 Å². The lowest BCUT2D eigenvalue weighted by atomic mass is 9.95. The fourth-order valence-corrected chi connectivity index (χ4v) is 1.75. The van der Waals surface area contributed by atoms with Gasteiger partial charge in [0.1, 0.15) is 11.7 Å². The Balaban J connectivity index is 2.42. The third-order valence-electron chi connectivity index (χ3n) is 2.69. The molecule has 0 saturated heterocycles. The molecule has 0 aliphatic carbocycles. The van der Waals surface area contributed by atoms with Gasteiger partial charge in [-0.25, -0.2) is 5.10 Å². The van der Waals surface area contributed by atoms with Crippen LogP contribution in [0.4, 0.5) is 0 Å². The van der Waals surface area contributed by atoms with Crippen molar-refractivity contribution < 1.29 is 14.6 Å². The van der Waals surface area contributed by atoms with Crippen LogP contribution >= 0.6 is 0 Å². The predicted octanol–water partition coefficient (Wildman–Crippen LogP) is 0.995. The molecule has 6 heteroatoms. The highest BCUT2D eigenvalue weighted by atomic mass is 16.5. The van der Waals surface area contributed by atoms with Crippen LogP contribution in [0.25, 0.3) is 0 Å². The molecule has 0 unspecified atom stereocenters. The molecule has 1 aromatic heterocycles. The Morgan fingerprint density at radius 2 is 1.95 bits per heavy atom. The second kappa shape index (κ2) is 5.34. The van der Waals surface area contributed by atoms with Gasteiger partial charge in [-0.05, 0) is 23.8 Å². The minimum Gasteiger partial charge on any atom is -0.497 e. The first kappa shape index (κ1) is 12.8. The molecule has 2 rings (SSSR count). The molecular formula is C13H12N2O4. The number of aromatic amines is 1. The summed E-state index contributed by atoms with van der Waals surface area (Å²) in [6, 6.07) is 9.33. The molecular weight excluding hydrogens is 248 g/mol. The summed E-state index contributed by atoms with van der Waals surface area (Å²) in [6.07, 6.45) is 0. The quantitative estimate of drug-likeness (QED) is 0.855. The zero-order valence-corrected chi connectivity index (χ0v) is 10.2. The molecule has 19 heavy (non-hydrogen) atoms. The van der Waals surface area contributed by atoms with Gasteiger partial charge in [0, 0.05) is 6.07 Å². The highest BCUT2D eigenvalue weighted by Crippen LogP contribution is 2.24. The van der Waals surface area contributed by atoms with E-state index in [1.807, 2.05) is 0 Å². The minimum absolute atomic E-state index is 0.275. The smallest absolute Gasteiger partial charge is 0.317 e. The normalized spacial score (nSPS) is 11.8. The first-order chi connectivity index (χ1) is 9.11. The van der Waals surface area contributed by atoms with Gasteiger partial charge in [-0.3, -0.25) is 9.59 Å². The Hall–Kier alpha value is -2.63. The molecule has 0 spiro atoms. The van der Waals surface area contributed by atoms with Crippen molar-refractivity contribution in [3.63, 3.8) is 0 Å². The van der Waals surface area contributed by atoms with Gasteiger partial charge in [-0.15, -0.1) is 0 Å². The van der Waals surface area contributed by atoms with Crippen molar-refractivity contribution in [3.8, 4) is 5.75 Å². The number of H-pyrrole nitrogens is 1. The number of nitrogens with one attached hydrogen (secondary N) is 1. The number of methoxy groups -OCH3 is 1. The Kier molecular flexibility index (Phi) is 3.61. The Bertz CT molecular complexity index is 613. The van der Waals surface area contributed by atoms with Gasteiger partial charge in [-0.1, -0.05) is 12.1 Å². The second-order valence-corrected chi connectivity index (χ2v) is 3.89. The van der Waals surface area contributed by atoms with Crippen LogP contribution in [0.3, 0.4) is 0 Å². The average molecular weight is 260 g/mol. The number of rotatable bonds is 4. The number of benzene rings is 1. The van der Waals surface area contributed by atoms with Crippen molar-refractivity contribution in [2.75, 3.05) is 7.11 Å². The van der Waals surface area contributed by atoms with Gasteiger partial charge in [0.2, 0.25) is 0 Å². The molecule has 2 aromatic rings. The summed E-state index contributed by atoms with van der Waals surface area (Å²) >= 11 is 0. The summed E-state index contributed by atoms with van der Waals surface area (Å²) in [4.78, 5) is 22.3. The van der Waals surface area contributed by atoms with Crippen molar-refractivity contribution in [1.29, 1.82) is 0 Å². The maximum atomic E-state index is 11.4. The average Bonchev–Trinajstić information content (AvgIpc) is 2.42. The maximum absolute atomic E-state index is 11.4. The largest absolute Gasteiger partial charge is 0.497 e. The number of aromatic nitrogens is 2. The highest BCUT2D eigenvalue weighted by molar-refractivity contribution is 5.79. The zero-order valence-electron chi connectivity index (χ0n) is 10.2. The first-order valence-corrected chi connectivity index (χ1v) is 5.54. The van der Waals surface area contributed by atoms with Gasteiger partial charge in [-0.2, -0.15) is 5.10 Å². The van der Waals surface area contributed by atoms with E-state index in [1.165, 1.54) is 19.2 Å². The molecule has 0 radical (unpaired) electrons. The summed E-state index contributed by atoms with van der Waals surface area (Å²) in [6.45, 7) is 0. The molecule has 0 aliphatic rings. The van der Waals surface area contributed by atoms with E-state index in [4.69, 9.17) is 4.74 Å². The maximum Gasteiger partial charge on any atom is 0.317 e. The molecule has 0 saturated carbocycles. The summed E-state index contributed by atoms with van der Waals surface area (Å²) in [5, 5.41) is 15.3. The van der Waals surface area contributed by atoms with Gasteiger partial charge < -0.3 is 9.84 Å². The summed E-state index contributed by atoms with van der Waals surface area (Å²) in [5.41, 5.74) is 0.465. The van der Waals surface area contributed by atoms with E-state index in [0.29, 0.717) is 11.3 Å². The molecule has 0 bridgehead atoms. The predicted molar refractivity (Wildman–Crippen MR) is 67.3 cm³/mol. The Labute approximate surface area is 108 Å². The molecule has 1 aromatic carbocycles. The number of carboxylic acid groups (broad SMARTS) is 1. The fourth-order valence-electron chi connectivity index (χ4n) is 1.75. The van der Waals surface area contributed by atoms with Gasteiger partial charge in [0.05, 0.1) is 12.8 Å². The van der Waals surface area contributed by atoms with E-state index >= 15 is 0 Å². The number of carbonyl (C=O) groups is 1. The van der Waals surface area contributed by atoms with Gasteiger partial charge in [0.25, 0.3) is 5.56 Å². The van der Waals surface area contributed by atoms with Crippen LogP contribution in [0.2, 0.25) is 0 Å². The van der Waals surface area contributed by atoms with Crippen molar-refractivity contribution in [1.82, 2.24) is 10.2 Å². The molecule has 0 fully saturated rings. The topological polar surface area (TPSA) is 92.3 Å². The Morgan fingerprint density at radius 1 is 1.26 bits per heavy atom. The van der Waals surface area contributed by atoms with Crippen LogP contribution in [0.1, 0.15) is 17.2 Å². The van der Waals surface area contributed by atoms with Crippen molar-refractivity contribution in [2.45, 2.75) is 5.92 Å². The van der Waals surface area contributed by atoms with Crippen LogP contribution in [-0.2, 0) is 4.79 Å². The van der Waals surface area contributed by atoms with Gasteiger partial charge in [0.15, 0.2) is 0 Å².